The van der Waals surface area contributed by atoms with Crippen molar-refractivity contribution in [3.05, 3.63) is 29.8 Å². The molecule has 0 aliphatic rings. The molecule has 0 spiro atoms. The smallest absolute Gasteiger partial charge is 0.232 e. The number of hydrogen-bond acceptors (Lipinski definition) is 3. The van der Waals surface area contributed by atoms with Crippen LogP contribution < -0.4 is 5.32 Å². The Morgan fingerprint density at radius 3 is 2.50 bits per heavy atom. The lowest BCUT2D eigenvalue weighted by molar-refractivity contribution is -0.128. The minimum Gasteiger partial charge on any atom is -0.343 e. The summed E-state index contributed by atoms with van der Waals surface area (Å²) in [5.41, 5.74) is 1.29. The largest absolute Gasteiger partial charge is 0.343 e. The number of nitrogens with one attached hydrogen (secondary N) is 1. The highest BCUT2D eigenvalue weighted by Crippen LogP contribution is 2.19. The maximum Gasteiger partial charge on any atom is 0.232 e. The van der Waals surface area contributed by atoms with Crippen LogP contribution in [0.1, 0.15) is 32.8 Å². The summed E-state index contributed by atoms with van der Waals surface area (Å²) < 4.78 is 0. The third-order valence-corrected chi connectivity index (χ3v) is 4.21. The standard InChI is InChI=1S/C16H26N2OS/c1-5-10-17-11-14-6-8-15(9-7-14)20-12-16(19)18(4)13(2)3/h6-9,13,17H,5,10-12H2,1-4H3. The second-order valence-corrected chi connectivity index (χ2v) is 6.26. The SMILES string of the molecule is CCCNCc1ccc(SCC(=O)N(C)C(C)C)cc1. The van der Waals surface area contributed by atoms with Gasteiger partial charge in [-0.1, -0.05) is 19.1 Å². The molecule has 0 saturated heterocycles. The fraction of sp³-hybridized carbons (Fsp3) is 0.562. The zero-order valence-electron chi connectivity index (χ0n) is 13.0. The lowest BCUT2D eigenvalue weighted by atomic mass is 10.2. The molecular formula is C16H26N2OS. The molecule has 0 atom stereocenters. The molecule has 0 bridgehead atoms. The Bertz CT molecular complexity index is 403. The maximum atomic E-state index is 11.9. The number of rotatable bonds is 8. The van der Waals surface area contributed by atoms with Gasteiger partial charge in [-0.05, 0) is 44.5 Å². The first-order valence-electron chi connectivity index (χ1n) is 7.22. The van der Waals surface area contributed by atoms with Crippen LogP contribution in [0.5, 0.6) is 0 Å². The molecule has 1 rings (SSSR count). The highest BCUT2D eigenvalue weighted by Gasteiger charge is 2.11. The van der Waals surface area contributed by atoms with Crippen molar-refractivity contribution in [2.75, 3.05) is 19.3 Å². The van der Waals surface area contributed by atoms with Gasteiger partial charge in [-0.2, -0.15) is 0 Å². The third-order valence-electron chi connectivity index (χ3n) is 3.21. The fourth-order valence-corrected chi connectivity index (χ4v) is 2.47. The van der Waals surface area contributed by atoms with Gasteiger partial charge >= 0.3 is 0 Å². The number of carbonyl (C=O) groups excluding carboxylic acids is 1. The molecule has 0 saturated carbocycles. The summed E-state index contributed by atoms with van der Waals surface area (Å²) in [7, 11) is 1.86. The van der Waals surface area contributed by atoms with Gasteiger partial charge < -0.3 is 10.2 Å². The van der Waals surface area contributed by atoms with E-state index in [0.717, 1.165) is 24.4 Å². The maximum absolute atomic E-state index is 11.9. The molecule has 1 N–H and O–H groups in total. The number of benzene rings is 1. The van der Waals surface area contributed by atoms with Gasteiger partial charge in [-0.15, -0.1) is 11.8 Å². The van der Waals surface area contributed by atoms with E-state index in [-0.39, 0.29) is 11.9 Å². The fourth-order valence-electron chi connectivity index (χ4n) is 1.65. The number of amides is 1. The molecule has 0 aromatic heterocycles. The van der Waals surface area contributed by atoms with Crippen molar-refractivity contribution in [2.24, 2.45) is 0 Å². The lowest BCUT2D eigenvalue weighted by Gasteiger charge is -2.21. The first-order valence-corrected chi connectivity index (χ1v) is 8.21. The van der Waals surface area contributed by atoms with E-state index in [9.17, 15) is 4.79 Å². The minimum absolute atomic E-state index is 0.179. The van der Waals surface area contributed by atoms with Gasteiger partial charge in [0.1, 0.15) is 0 Å². The zero-order chi connectivity index (χ0) is 15.0. The summed E-state index contributed by atoms with van der Waals surface area (Å²) in [6.45, 7) is 8.18. The van der Waals surface area contributed by atoms with Gasteiger partial charge in [0.25, 0.3) is 0 Å². The Hall–Kier alpha value is -1.00. The van der Waals surface area contributed by atoms with Crippen LogP contribution in [0.25, 0.3) is 0 Å². The van der Waals surface area contributed by atoms with E-state index in [0.29, 0.717) is 5.75 Å². The van der Waals surface area contributed by atoms with Crippen molar-refractivity contribution in [2.45, 2.75) is 44.7 Å². The summed E-state index contributed by atoms with van der Waals surface area (Å²) in [5, 5.41) is 3.38. The van der Waals surface area contributed by atoms with E-state index >= 15 is 0 Å². The highest BCUT2D eigenvalue weighted by molar-refractivity contribution is 8.00. The summed E-state index contributed by atoms with van der Waals surface area (Å²) in [6, 6.07) is 8.70. The predicted molar refractivity (Wildman–Crippen MR) is 87.1 cm³/mol. The van der Waals surface area contributed by atoms with Crippen LogP contribution >= 0.6 is 11.8 Å². The van der Waals surface area contributed by atoms with E-state index in [2.05, 4.69) is 36.5 Å². The quantitative estimate of drug-likeness (QED) is 0.590. The average Bonchev–Trinajstić information content (AvgIpc) is 2.45. The Morgan fingerprint density at radius 1 is 1.30 bits per heavy atom. The van der Waals surface area contributed by atoms with Crippen LogP contribution in [0.4, 0.5) is 0 Å². The number of hydrogen-bond donors (Lipinski definition) is 1. The van der Waals surface area contributed by atoms with Crippen molar-refractivity contribution in [1.82, 2.24) is 10.2 Å². The predicted octanol–water partition coefficient (Wildman–Crippen LogP) is 3.15. The number of carbonyl (C=O) groups is 1. The molecule has 1 amide bonds. The second kappa shape index (κ2) is 9.03. The van der Waals surface area contributed by atoms with Crippen molar-refractivity contribution in [3.63, 3.8) is 0 Å². The van der Waals surface area contributed by atoms with Gasteiger partial charge in [0, 0.05) is 24.5 Å². The zero-order valence-corrected chi connectivity index (χ0v) is 13.8. The molecule has 112 valence electrons. The highest BCUT2D eigenvalue weighted by atomic mass is 32.2. The Morgan fingerprint density at radius 2 is 1.95 bits per heavy atom. The molecule has 3 nitrogen and oxygen atoms in total. The molecule has 0 aliphatic heterocycles. The van der Waals surface area contributed by atoms with E-state index in [4.69, 9.17) is 0 Å². The number of thioether (sulfide) groups is 1. The van der Waals surface area contributed by atoms with E-state index < -0.39 is 0 Å². The van der Waals surface area contributed by atoms with Crippen molar-refractivity contribution >= 4 is 17.7 Å². The van der Waals surface area contributed by atoms with Gasteiger partial charge in [-0.3, -0.25) is 4.79 Å². The topological polar surface area (TPSA) is 32.3 Å². The molecule has 4 heteroatoms. The molecule has 1 aromatic rings. The summed E-state index contributed by atoms with van der Waals surface area (Å²) in [4.78, 5) is 14.8. The summed E-state index contributed by atoms with van der Waals surface area (Å²) in [6.07, 6.45) is 1.15. The Labute approximate surface area is 127 Å². The van der Waals surface area contributed by atoms with Crippen molar-refractivity contribution in [3.8, 4) is 0 Å². The normalized spacial score (nSPS) is 10.8. The summed E-state index contributed by atoms with van der Waals surface area (Å²) in [5.74, 6) is 0.681. The van der Waals surface area contributed by atoms with Crippen molar-refractivity contribution < 1.29 is 4.79 Å². The van der Waals surface area contributed by atoms with Crippen molar-refractivity contribution in [1.29, 1.82) is 0 Å². The van der Waals surface area contributed by atoms with E-state index in [1.165, 1.54) is 5.56 Å². The van der Waals surface area contributed by atoms with E-state index in [1.807, 2.05) is 20.9 Å². The second-order valence-electron chi connectivity index (χ2n) is 5.21. The third kappa shape index (κ3) is 5.97. The van der Waals surface area contributed by atoms with Gasteiger partial charge in [0.2, 0.25) is 5.91 Å². The van der Waals surface area contributed by atoms with Gasteiger partial charge in [0.05, 0.1) is 5.75 Å². The van der Waals surface area contributed by atoms with Crippen LogP contribution in [-0.4, -0.2) is 36.2 Å². The molecule has 0 radical (unpaired) electrons. The Kier molecular flexibility index (Phi) is 7.70. The summed E-state index contributed by atoms with van der Waals surface area (Å²) >= 11 is 1.60. The monoisotopic (exact) mass is 294 g/mol. The van der Waals surface area contributed by atoms with Crippen LogP contribution in [0, 0.1) is 0 Å². The molecule has 0 aliphatic carbocycles. The van der Waals surface area contributed by atoms with Gasteiger partial charge in [0.15, 0.2) is 0 Å². The molecular weight excluding hydrogens is 268 g/mol. The van der Waals surface area contributed by atoms with Crippen LogP contribution in [0.2, 0.25) is 0 Å². The minimum atomic E-state index is 0.179. The first kappa shape index (κ1) is 17.1. The van der Waals surface area contributed by atoms with Crippen LogP contribution in [0.3, 0.4) is 0 Å². The molecule has 0 unspecified atom stereocenters. The first-order chi connectivity index (χ1) is 9.54. The molecule has 0 fully saturated rings. The van der Waals surface area contributed by atoms with E-state index in [1.54, 1.807) is 16.7 Å². The number of nitrogens with zero attached hydrogens (tertiary/aromatic N) is 1. The molecule has 0 heterocycles. The van der Waals surface area contributed by atoms with Gasteiger partial charge in [-0.25, -0.2) is 0 Å². The van der Waals surface area contributed by atoms with Crippen LogP contribution in [0.15, 0.2) is 29.2 Å². The van der Waals surface area contributed by atoms with Crippen LogP contribution in [-0.2, 0) is 11.3 Å². The lowest BCUT2D eigenvalue weighted by Crippen LogP contribution is -2.34. The molecule has 1 aromatic carbocycles. The average molecular weight is 294 g/mol. The molecule has 20 heavy (non-hydrogen) atoms. The Balaban J connectivity index is 2.40.